The van der Waals surface area contributed by atoms with Crippen molar-refractivity contribution in [2.75, 3.05) is 0 Å². The molecule has 0 bridgehead atoms. The third-order valence-electron chi connectivity index (χ3n) is 0. The maximum Gasteiger partial charge on any atom is 1.00 e. The Morgan fingerprint density at radius 2 is 1.62 bits per heavy atom. The van der Waals surface area contributed by atoms with Crippen LogP contribution in [0.25, 0.3) is 0 Å². The molecule has 0 aliphatic carbocycles. The standard InChI is InChI=1S/Co.Li.Mn.HNO3.Ni.H/c;;;2-1(3)4;;/h;;;(H,2,3,4);;/q;+1;;;;-1. The molecule has 0 aromatic rings. The molecular weight excluding hydrogens is 242 g/mol. The first-order chi connectivity index (χ1) is 1.73. The van der Waals surface area contributed by atoms with Gasteiger partial charge in [0.1, 0.15) is 0 Å². The largest absolute Gasteiger partial charge is 1.00 e. The van der Waals surface area contributed by atoms with E-state index in [9.17, 15) is 0 Å². The quantitative estimate of drug-likeness (QED) is 0.276. The molecular formula is H2CoLiMnNNiO3. The summed E-state index contributed by atoms with van der Waals surface area (Å²) >= 11 is 0. The van der Waals surface area contributed by atoms with E-state index in [1.807, 2.05) is 0 Å². The van der Waals surface area contributed by atoms with Crippen molar-refractivity contribution in [1.82, 2.24) is 0 Å². The van der Waals surface area contributed by atoms with Crippen LogP contribution in [0.3, 0.4) is 0 Å². The monoisotopic (exact) mass is 243 g/mol. The van der Waals surface area contributed by atoms with Crippen LogP contribution in [-0.4, -0.2) is 10.3 Å². The van der Waals surface area contributed by atoms with E-state index in [1.165, 1.54) is 0 Å². The SMILES string of the molecule is O=[N+]([O-])O.[Co].[H-].[Li+].[Mn].[Ni]. The second-order valence-electron chi connectivity index (χ2n) is 0.238. The van der Waals surface area contributed by atoms with Gasteiger partial charge in [0.15, 0.2) is 0 Å². The Labute approximate surface area is 90.5 Å². The van der Waals surface area contributed by atoms with Crippen LogP contribution in [-0.2, 0) is 50.3 Å². The van der Waals surface area contributed by atoms with Crippen molar-refractivity contribution in [2.45, 2.75) is 0 Å². The molecule has 0 rings (SSSR count). The molecule has 1 N–H and O–H groups in total. The van der Waals surface area contributed by atoms with Crippen molar-refractivity contribution in [1.29, 1.82) is 0 Å². The van der Waals surface area contributed by atoms with E-state index in [1.54, 1.807) is 0 Å². The molecule has 0 fully saturated rings. The van der Waals surface area contributed by atoms with Gasteiger partial charge in [0.05, 0.1) is 0 Å². The number of nitrogens with zero attached hydrogens (tertiary/aromatic N) is 1. The van der Waals surface area contributed by atoms with Gasteiger partial charge in [0, 0.05) is 50.3 Å². The summed E-state index contributed by atoms with van der Waals surface area (Å²) < 4.78 is 0. The van der Waals surface area contributed by atoms with Crippen molar-refractivity contribution in [3.8, 4) is 0 Å². The van der Waals surface area contributed by atoms with Crippen molar-refractivity contribution in [2.24, 2.45) is 0 Å². The summed E-state index contributed by atoms with van der Waals surface area (Å²) in [4.78, 5) is 8.36. The fourth-order valence-electron chi connectivity index (χ4n) is 0. The first-order valence-electron chi connectivity index (χ1n) is 0.565. The predicted octanol–water partition coefficient (Wildman–Crippen LogP) is -3.24. The summed E-state index contributed by atoms with van der Waals surface area (Å²) in [5.41, 5.74) is 0. The molecule has 2 radical (unpaired) electrons. The Balaban J connectivity index is -0.00000000450. The molecule has 0 aromatic heterocycles. The van der Waals surface area contributed by atoms with E-state index in [-0.39, 0.29) is 70.6 Å². The van der Waals surface area contributed by atoms with Crippen LogP contribution in [0.2, 0.25) is 0 Å². The van der Waals surface area contributed by atoms with Crippen LogP contribution in [0.15, 0.2) is 0 Å². The van der Waals surface area contributed by atoms with E-state index in [0.29, 0.717) is 0 Å². The average Bonchev–Trinajstić information content (AvgIpc) is 0.811. The van der Waals surface area contributed by atoms with Crippen LogP contribution in [0, 0.1) is 10.1 Å². The molecule has 0 spiro atoms. The Morgan fingerprint density at radius 3 is 1.62 bits per heavy atom. The third kappa shape index (κ3) is 168. The van der Waals surface area contributed by atoms with Crippen molar-refractivity contribution in [3.05, 3.63) is 10.1 Å². The van der Waals surface area contributed by atoms with Crippen LogP contribution in [0.1, 0.15) is 1.43 Å². The third-order valence-corrected chi connectivity index (χ3v) is 0. The Bertz CT molecular complexity index is 46.8. The van der Waals surface area contributed by atoms with Crippen molar-refractivity contribution >= 4 is 0 Å². The molecule has 0 saturated carbocycles. The van der Waals surface area contributed by atoms with E-state index >= 15 is 0 Å². The number of hydrogen-bond acceptors (Lipinski definition) is 2. The zero-order chi connectivity index (χ0) is 3.58. The molecule has 0 unspecified atom stereocenters. The Morgan fingerprint density at radius 1 is 1.62 bits per heavy atom. The van der Waals surface area contributed by atoms with E-state index in [2.05, 4.69) is 0 Å². The maximum absolute atomic E-state index is 8.36. The zero-order valence-corrected chi connectivity index (χ0v) is 6.95. The minimum absolute atomic E-state index is 0. The summed E-state index contributed by atoms with van der Waals surface area (Å²) in [5.74, 6) is 0. The minimum atomic E-state index is -1.50. The van der Waals surface area contributed by atoms with Gasteiger partial charge in [-0.3, -0.25) is 0 Å². The Hall–Kier alpha value is 1.32. The van der Waals surface area contributed by atoms with E-state index < -0.39 is 5.09 Å². The summed E-state index contributed by atoms with van der Waals surface area (Å²) in [6.07, 6.45) is 0. The second-order valence-corrected chi connectivity index (χ2v) is 0.238. The molecule has 8 heavy (non-hydrogen) atoms. The maximum atomic E-state index is 8.36. The molecule has 4 nitrogen and oxygen atoms in total. The van der Waals surface area contributed by atoms with Crippen molar-refractivity contribution in [3.63, 3.8) is 0 Å². The van der Waals surface area contributed by atoms with Gasteiger partial charge in [0.25, 0.3) is 5.09 Å². The van der Waals surface area contributed by atoms with Gasteiger partial charge in [-0.15, -0.1) is 10.1 Å². The van der Waals surface area contributed by atoms with Crippen LogP contribution < -0.4 is 18.9 Å². The van der Waals surface area contributed by atoms with Gasteiger partial charge < -0.3 is 6.63 Å². The first-order valence-corrected chi connectivity index (χ1v) is 0.565. The average molecular weight is 244 g/mol. The summed E-state index contributed by atoms with van der Waals surface area (Å²) in [7, 11) is 0. The minimum Gasteiger partial charge on any atom is -1.00 e. The fraction of sp³-hybridized carbons (Fsp3) is 0. The van der Waals surface area contributed by atoms with Crippen LogP contribution >= 0.6 is 0 Å². The summed E-state index contributed by atoms with van der Waals surface area (Å²) in [5, 5.41) is 13.6. The zero-order valence-electron chi connectivity index (χ0n) is 4.74. The molecule has 0 aromatic carbocycles. The van der Waals surface area contributed by atoms with Crippen LogP contribution in [0.5, 0.6) is 0 Å². The summed E-state index contributed by atoms with van der Waals surface area (Å²) in [6.45, 7) is 0. The molecule has 8 heteroatoms. The fourth-order valence-corrected chi connectivity index (χ4v) is 0. The normalized spacial score (nSPS) is 3.00. The molecule has 0 amide bonds. The number of rotatable bonds is 0. The van der Waals surface area contributed by atoms with Gasteiger partial charge in [-0.05, 0) is 0 Å². The van der Waals surface area contributed by atoms with Crippen molar-refractivity contribution < 1.29 is 80.9 Å². The molecule has 0 aliphatic heterocycles. The van der Waals surface area contributed by atoms with E-state index in [4.69, 9.17) is 15.3 Å². The molecule has 52 valence electrons. The Kier molecular flexibility index (Phi) is 103. The van der Waals surface area contributed by atoms with Crippen LogP contribution in [0.4, 0.5) is 0 Å². The molecule has 0 heterocycles. The van der Waals surface area contributed by atoms with Gasteiger partial charge in [0.2, 0.25) is 0 Å². The first kappa shape index (κ1) is 34.6. The van der Waals surface area contributed by atoms with Gasteiger partial charge in [-0.2, -0.15) is 0 Å². The van der Waals surface area contributed by atoms with Gasteiger partial charge in [-0.1, -0.05) is 0 Å². The molecule has 0 atom stereocenters. The molecule has 0 saturated heterocycles. The smallest absolute Gasteiger partial charge is 1.00 e. The topological polar surface area (TPSA) is 63.4 Å². The van der Waals surface area contributed by atoms with Gasteiger partial charge >= 0.3 is 18.9 Å². The number of hydrogen-bond donors (Lipinski definition) is 1. The predicted molar refractivity (Wildman–Crippen MR) is 9.89 cm³/mol. The van der Waals surface area contributed by atoms with Gasteiger partial charge in [-0.25, -0.2) is 0 Å². The van der Waals surface area contributed by atoms with E-state index in [0.717, 1.165) is 0 Å². The summed E-state index contributed by atoms with van der Waals surface area (Å²) in [6, 6.07) is 0. The molecule has 0 aliphatic rings. The second kappa shape index (κ2) is 23.9.